The van der Waals surface area contributed by atoms with E-state index in [1.54, 1.807) is 13.2 Å². The van der Waals surface area contributed by atoms with Crippen molar-refractivity contribution in [1.29, 1.82) is 0 Å². The van der Waals surface area contributed by atoms with Gasteiger partial charge in [-0.15, -0.1) is 0 Å². The summed E-state index contributed by atoms with van der Waals surface area (Å²) < 4.78 is 16.1. The van der Waals surface area contributed by atoms with Crippen molar-refractivity contribution in [2.75, 3.05) is 32.2 Å². The van der Waals surface area contributed by atoms with Crippen molar-refractivity contribution in [3.63, 3.8) is 0 Å². The third-order valence-corrected chi connectivity index (χ3v) is 3.58. The van der Waals surface area contributed by atoms with Gasteiger partial charge >= 0.3 is 0 Å². The lowest BCUT2D eigenvalue weighted by molar-refractivity contribution is -0.115. The zero-order chi connectivity index (χ0) is 19.5. The maximum Gasteiger partial charge on any atom is 0.238 e. The Hall–Kier alpha value is -2.57. The SMILES string of the molecule is COCCOc1cccc(NC(=O)CNCc2ccc(OC(C)C)cc2)c1. The van der Waals surface area contributed by atoms with Gasteiger partial charge < -0.3 is 24.8 Å². The first-order valence-corrected chi connectivity index (χ1v) is 9.05. The molecule has 2 aromatic carbocycles. The Morgan fingerprint density at radius 1 is 1.04 bits per heavy atom. The lowest BCUT2D eigenvalue weighted by atomic mass is 10.2. The summed E-state index contributed by atoms with van der Waals surface area (Å²) in [7, 11) is 1.63. The van der Waals surface area contributed by atoms with Crippen LogP contribution in [0.5, 0.6) is 11.5 Å². The average molecular weight is 372 g/mol. The highest BCUT2D eigenvalue weighted by molar-refractivity contribution is 5.92. The van der Waals surface area contributed by atoms with E-state index < -0.39 is 0 Å². The number of rotatable bonds is 11. The number of anilines is 1. The molecular weight excluding hydrogens is 344 g/mol. The number of hydrogen-bond acceptors (Lipinski definition) is 5. The number of benzene rings is 2. The van der Waals surface area contributed by atoms with E-state index in [-0.39, 0.29) is 18.6 Å². The maximum absolute atomic E-state index is 12.1. The van der Waals surface area contributed by atoms with E-state index >= 15 is 0 Å². The zero-order valence-corrected chi connectivity index (χ0v) is 16.2. The van der Waals surface area contributed by atoms with Gasteiger partial charge in [-0.3, -0.25) is 4.79 Å². The summed E-state index contributed by atoms with van der Waals surface area (Å²) in [5.74, 6) is 1.43. The second kappa shape index (κ2) is 11.2. The van der Waals surface area contributed by atoms with Crippen molar-refractivity contribution in [2.24, 2.45) is 0 Å². The number of hydrogen-bond donors (Lipinski definition) is 2. The third kappa shape index (κ3) is 8.11. The molecule has 0 aliphatic carbocycles. The summed E-state index contributed by atoms with van der Waals surface area (Å²) >= 11 is 0. The Balaban J connectivity index is 1.73. The molecule has 2 rings (SSSR count). The smallest absolute Gasteiger partial charge is 0.238 e. The molecule has 146 valence electrons. The van der Waals surface area contributed by atoms with Crippen LogP contribution >= 0.6 is 0 Å². The third-order valence-electron chi connectivity index (χ3n) is 3.58. The highest BCUT2D eigenvalue weighted by Gasteiger charge is 2.04. The number of carbonyl (C=O) groups excluding carboxylic acids is 1. The van der Waals surface area contributed by atoms with Crippen LogP contribution in [0.15, 0.2) is 48.5 Å². The van der Waals surface area contributed by atoms with Crippen molar-refractivity contribution in [2.45, 2.75) is 26.5 Å². The summed E-state index contributed by atoms with van der Waals surface area (Å²) in [6.07, 6.45) is 0.154. The van der Waals surface area contributed by atoms with Gasteiger partial charge in [0.15, 0.2) is 0 Å². The number of carbonyl (C=O) groups is 1. The first kappa shape index (κ1) is 20.7. The van der Waals surface area contributed by atoms with E-state index in [1.807, 2.05) is 56.3 Å². The Bertz CT molecular complexity index is 702. The molecule has 6 heteroatoms. The molecule has 0 radical (unpaired) electrons. The molecule has 6 nitrogen and oxygen atoms in total. The summed E-state index contributed by atoms with van der Waals surface area (Å²) in [5.41, 5.74) is 1.79. The molecule has 0 fully saturated rings. The van der Waals surface area contributed by atoms with Crippen molar-refractivity contribution in [3.8, 4) is 11.5 Å². The lowest BCUT2D eigenvalue weighted by Crippen LogP contribution is -2.27. The van der Waals surface area contributed by atoms with E-state index in [0.29, 0.717) is 31.2 Å². The average Bonchev–Trinajstić information content (AvgIpc) is 2.63. The molecule has 2 aromatic rings. The molecule has 0 saturated carbocycles. The minimum absolute atomic E-state index is 0.108. The van der Waals surface area contributed by atoms with Crippen molar-refractivity contribution >= 4 is 11.6 Å². The van der Waals surface area contributed by atoms with Crippen LogP contribution in [0.3, 0.4) is 0 Å². The fourth-order valence-corrected chi connectivity index (χ4v) is 2.39. The van der Waals surface area contributed by atoms with Gasteiger partial charge in [0.25, 0.3) is 0 Å². The molecule has 0 spiro atoms. The molecule has 0 unspecified atom stereocenters. The first-order chi connectivity index (χ1) is 13.1. The lowest BCUT2D eigenvalue weighted by Gasteiger charge is -2.11. The van der Waals surface area contributed by atoms with Gasteiger partial charge in [0, 0.05) is 25.4 Å². The number of amides is 1. The van der Waals surface area contributed by atoms with Crippen molar-refractivity contribution in [1.82, 2.24) is 5.32 Å². The van der Waals surface area contributed by atoms with Crippen LogP contribution in [0.4, 0.5) is 5.69 Å². The fourth-order valence-electron chi connectivity index (χ4n) is 2.39. The summed E-state index contributed by atoms with van der Waals surface area (Å²) in [5, 5.41) is 5.99. The first-order valence-electron chi connectivity index (χ1n) is 9.05. The molecule has 2 N–H and O–H groups in total. The number of ether oxygens (including phenoxy) is 3. The van der Waals surface area contributed by atoms with E-state index in [0.717, 1.165) is 11.3 Å². The van der Waals surface area contributed by atoms with Gasteiger partial charge in [-0.05, 0) is 43.7 Å². The van der Waals surface area contributed by atoms with E-state index in [9.17, 15) is 4.79 Å². The highest BCUT2D eigenvalue weighted by Crippen LogP contribution is 2.17. The van der Waals surface area contributed by atoms with E-state index in [1.165, 1.54) is 0 Å². The quantitative estimate of drug-likeness (QED) is 0.593. The molecule has 27 heavy (non-hydrogen) atoms. The predicted octanol–water partition coefficient (Wildman–Crippen LogP) is 3.23. The number of methoxy groups -OCH3 is 1. The van der Waals surface area contributed by atoms with Crippen LogP contribution in [-0.2, 0) is 16.1 Å². The summed E-state index contributed by atoms with van der Waals surface area (Å²) in [6.45, 7) is 5.81. The van der Waals surface area contributed by atoms with Gasteiger partial charge in [0.05, 0.1) is 19.3 Å². The fraction of sp³-hybridized carbons (Fsp3) is 0.381. The molecule has 0 aromatic heterocycles. The predicted molar refractivity (Wildman–Crippen MR) is 106 cm³/mol. The van der Waals surface area contributed by atoms with E-state index in [4.69, 9.17) is 14.2 Å². The monoisotopic (exact) mass is 372 g/mol. The minimum Gasteiger partial charge on any atom is -0.491 e. The van der Waals surface area contributed by atoms with E-state index in [2.05, 4.69) is 10.6 Å². The van der Waals surface area contributed by atoms with Gasteiger partial charge in [0.2, 0.25) is 5.91 Å². The minimum atomic E-state index is -0.108. The normalized spacial score (nSPS) is 10.7. The van der Waals surface area contributed by atoms with Crippen LogP contribution < -0.4 is 20.1 Å². The Morgan fingerprint density at radius 2 is 1.81 bits per heavy atom. The summed E-state index contributed by atoms with van der Waals surface area (Å²) in [6, 6.07) is 15.2. The largest absolute Gasteiger partial charge is 0.491 e. The highest BCUT2D eigenvalue weighted by atomic mass is 16.5. The molecule has 0 heterocycles. The van der Waals surface area contributed by atoms with Crippen LogP contribution in [0, 0.1) is 0 Å². The molecule has 0 saturated heterocycles. The Kier molecular flexibility index (Phi) is 8.61. The van der Waals surface area contributed by atoms with Gasteiger partial charge in [-0.2, -0.15) is 0 Å². The molecular formula is C21H28N2O4. The molecule has 0 aliphatic heterocycles. The van der Waals surface area contributed by atoms with Crippen molar-refractivity contribution < 1.29 is 19.0 Å². The molecule has 0 aliphatic rings. The van der Waals surface area contributed by atoms with Crippen molar-refractivity contribution in [3.05, 3.63) is 54.1 Å². The number of nitrogens with one attached hydrogen (secondary N) is 2. The Morgan fingerprint density at radius 3 is 2.52 bits per heavy atom. The van der Waals surface area contributed by atoms with Gasteiger partial charge in [0.1, 0.15) is 18.1 Å². The van der Waals surface area contributed by atoms with Crippen LogP contribution in [-0.4, -0.2) is 38.9 Å². The van der Waals surface area contributed by atoms with Crippen LogP contribution in [0.1, 0.15) is 19.4 Å². The zero-order valence-electron chi connectivity index (χ0n) is 16.2. The van der Waals surface area contributed by atoms with Crippen LogP contribution in [0.2, 0.25) is 0 Å². The Labute approximate surface area is 160 Å². The maximum atomic E-state index is 12.1. The molecule has 1 amide bonds. The standard InChI is InChI=1S/C21H28N2O4/c1-16(2)27-19-9-7-17(8-10-19)14-22-15-21(24)23-18-5-4-6-20(13-18)26-12-11-25-3/h4-10,13,16,22H,11-12,14-15H2,1-3H3,(H,23,24). The molecule has 0 bridgehead atoms. The summed E-state index contributed by atoms with van der Waals surface area (Å²) in [4.78, 5) is 12.1. The van der Waals surface area contributed by atoms with Gasteiger partial charge in [-0.1, -0.05) is 18.2 Å². The second-order valence-electron chi connectivity index (χ2n) is 6.33. The van der Waals surface area contributed by atoms with Crippen LogP contribution in [0.25, 0.3) is 0 Å². The topological polar surface area (TPSA) is 68.8 Å². The molecule has 0 atom stereocenters. The second-order valence-corrected chi connectivity index (χ2v) is 6.33. The van der Waals surface area contributed by atoms with Gasteiger partial charge in [-0.25, -0.2) is 0 Å².